The van der Waals surface area contributed by atoms with Gasteiger partial charge in [0, 0.05) is 19.1 Å². The van der Waals surface area contributed by atoms with E-state index in [4.69, 9.17) is 5.11 Å². The van der Waals surface area contributed by atoms with Crippen LogP contribution in [0.3, 0.4) is 0 Å². The lowest BCUT2D eigenvalue weighted by atomic mass is 10.2. The highest BCUT2D eigenvalue weighted by Gasteiger charge is 2.32. The molecule has 0 radical (unpaired) electrons. The van der Waals surface area contributed by atoms with Crippen molar-refractivity contribution < 1.29 is 19.8 Å². The fourth-order valence-corrected chi connectivity index (χ4v) is 2.58. The van der Waals surface area contributed by atoms with Crippen LogP contribution < -0.4 is 5.32 Å². The molecule has 1 fully saturated rings. The van der Waals surface area contributed by atoms with Gasteiger partial charge in [-0.25, -0.2) is 9.59 Å². The van der Waals surface area contributed by atoms with Gasteiger partial charge in [0.05, 0.1) is 6.10 Å². The molecule has 0 saturated carbocycles. The minimum atomic E-state index is -1.27. The van der Waals surface area contributed by atoms with Crippen molar-refractivity contribution in [3.63, 3.8) is 0 Å². The molecule has 0 aromatic heterocycles. The second kappa shape index (κ2) is 7.44. The van der Waals surface area contributed by atoms with E-state index in [2.05, 4.69) is 24.1 Å². The van der Waals surface area contributed by atoms with Crippen LogP contribution in [0.4, 0.5) is 4.79 Å². The van der Waals surface area contributed by atoms with Crippen molar-refractivity contribution in [2.45, 2.75) is 45.4 Å². The number of likely N-dealkylation sites (N-methyl/N-ethyl adjacent to an activating group) is 1. The van der Waals surface area contributed by atoms with E-state index in [9.17, 15) is 14.7 Å². The molecule has 1 saturated heterocycles. The van der Waals surface area contributed by atoms with Gasteiger partial charge in [-0.2, -0.15) is 0 Å². The van der Waals surface area contributed by atoms with Crippen molar-refractivity contribution in [3.05, 3.63) is 0 Å². The number of hydrogen-bond acceptors (Lipinski definition) is 4. The quantitative estimate of drug-likeness (QED) is 0.637. The molecule has 0 spiro atoms. The summed E-state index contributed by atoms with van der Waals surface area (Å²) in [5, 5.41) is 20.7. The van der Waals surface area contributed by atoms with E-state index < -0.39 is 24.1 Å². The Morgan fingerprint density at radius 2 is 2.00 bits per heavy atom. The molecular formula is C13H25N3O4. The smallest absolute Gasteiger partial charge is 0.328 e. The Morgan fingerprint density at radius 3 is 2.45 bits per heavy atom. The Kier molecular flexibility index (Phi) is 6.22. The third-order valence-electron chi connectivity index (χ3n) is 3.81. The van der Waals surface area contributed by atoms with Crippen LogP contribution >= 0.6 is 0 Å². The van der Waals surface area contributed by atoms with Crippen LogP contribution in [0, 0.1) is 0 Å². The van der Waals surface area contributed by atoms with Crippen LogP contribution in [-0.2, 0) is 4.79 Å². The average molecular weight is 287 g/mol. The van der Waals surface area contributed by atoms with E-state index in [1.807, 2.05) is 0 Å². The Labute approximate surface area is 119 Å². The van der Waals surface area contributed by atoms with Crippen LogP contribution in [0.25, 0.3) is 0 Å². The molecule has 1 aliphatic rings. The van der Waals surface area contributed by atoms with Crippen molar-refractivity contribution in [1.29, 1.82) is 0 Å². The summed E-state index contributed by atoms with van der Waals surface area (Å²) < 4.78 is 0. The molecule has 7 nitrogen and oxygen atoms in total. The highest BCUT2D eigenvalue weighted by Crippen LogP contribution is 2.15. The van der Waals surface area contributed by atoms with Gasteiger partial charge in [-0.15, -0.1) is 0 Å². The molecule has 2 amide bonds. The molecule has 3 N–H and O–H groups in total. The first-order valence-electron chi connectivity index (χ1n) is 7.11. The lowest BCUT2D eigenvalue weighted by Crippen LogP contribution is -2.52. The number of aliphatic hydroxyl groups is 1. The number of carbonyl (C=O) groups excluding carboxylic acids is 1. The van der Waals surface area contributed by atoms with Gasteiger partial charge in [0.1, 0.15) is 0 Å². The third-order valence-corrected chi connectivity index (χ3v) is 3.81. The summed E-state index contributed by atoms with van der Waals surface area (Å²) in [5.74, 6) is -1.23. The first-order chi connectivity index (χ1) is 9.40. The SMILES string of the molecule is CCN(CC)C1CCN(C(=O)NC(C(=O)O)C(C)O)C1. The molecule has 3 atom stereocenters. The second-order valence-electron chi connectivity index (χ2n) is 5.12. The summed E-state index contributed by atoms with van der Waals surface area (Å²) in [5.41, 5.74) is 0. The number of nitrogens with one attached hydrogen (secondary N) is 1. The van der Waals surface area contributed by atoms with Gasteiger partial charge in [0.25, 0.3) is 0 Å². The summed E-state index contributed by atoms with van der Waals surface area (Å²) in [7, 11) is 0. The maximum Gasteiger partial charge on any atom is 0.328 e. The number of aliphatic carboxylic acids is 1. The Hall–Kier alpha value is -1.34. The first kappa shape index (κ1) is 16.7. The predicted octanol–water partition coefficient (Wildman–Crippen LogP) is -0.0539. The van der Waals surface area contributed by atoms with E-state index >= 15 is 0 Å². The summed E-state index contributed by atoms with van der Waals surface area (Å²) in [4.78, 5) is 26.9. The molecule has 0 aliphatic carbocycles. The number of aliphatic hydroxyl groups excluding tert-OH is 1. The minimum Gasteiger partial charge on any atom is -0.480 e. The molecular weight excluding hydrogens is 262 g/mol. The zero-order chi connectivity index (χ0) is 15.3. The topological polar surface area (TPSA) is 93.1 Å². The molecule has 0 bridgehead atoms. The number of carbonyl (C=O) groups is 2. The van der Waals surface area contributed by atoms with Gasteiger partial charge < -0.3 is 20.4 Å². The largest absolute Gasteiger partial charge is 0.480 e. The summed E-state index contributed by atoms with van der Waals surface area (Å²) in [6.07, 6.45) is -0.237. The van der Waals surface area contributed by atoms with Crippen molar-refractivity contribution in [1.82, 2.24) is 15.1 Å². The number of carboxylic acids is 1. The molecule has 7 heteroatoms. The number of carboxylic acid groups (broad SMARTS) is 1. The maximum absolute atomic E-state index is 12.0. The van der Waals surface area contributed by atoms with Crippen molar-refractivity contribution in [2.24, 2.45) is 0 Å². The van der Waals surface area contributed by atoms with Gasteiger partial charge in [0.15, 0.2) is 6.04 Å². The molecule has 0 aromatic rings. The number of urea groups is 1. The van der Waals surface area contributed by atoms with Crippen LogP contribution in [0.1, 0.15) is 27.2 Å². The van der Waals surface area contributed by atoms with Crippen LogP contribution in [0.5, 0.6) is 0 Å². The highest BCUT2D eigenvalue weighted by atomic mass is 16.4. The van der Waals surface area contributed by atoms with E-state index in [1.54, 1.807) is 4.90 Å². The molecule has 0 aromatic carbocycles. The van der Waals surface area contributed by atoms with Gasteiger partial charge in [-0.1, -0.05) is 13.8 Å². The predicted molar refractivity (Wildman–Crippen MR) is 74.5 cm³/mol. The number of hydrogen-bond donors (Lipinski definition) is 3. The number of rotatable bonds is 6. The van der Waals surface area contributed by atoms with Crippen molar-refractivity contribution in [3.8, 4) is 0 Å². The number of likely N-dealkylation sites (tertiary alicyclic amines) is 1. The van der Waals surface area contributed by atoms with E-state index in [0.29, 0.717) is 19.1 Å². The Balaban J connectivity index is 2.55. The van der Waals surface area contributed by atoms with E-state index in [-0.39, 0.29) is 0 Å². The minimum absolute atomic E-state index is 0.325. The molecule has 1 aliphatic heterocycles. The first-order valence-corrected chi connectivity index (χ1v) is 7.11. The summed E-state index contributed by atoms with van der Waals surface area (Å²) in [6.45, 7) is 8.59. The van der Waals surface area contributed by atoms with Gasteiger partial charge in [-0.05, 0) is 26.4 Å². The van der Waals surface area contributed by atoms with Gasteiger partial charge in [-0.3, -0.25) is 4.90 Å². The van der Waals surface area contributed by atoms with Crippen LogP contribution in [-0.4, -0.2) is 76.4 Å². The summed E-state index contributed by atoms with van der Waals surface area (Å²) >= 11 is 0. The number of amides is 2. The lowest BCUT2D eigenvalue weighted by Gasteiger charge is -2.27. The monoisotopic (exact) mass is 287 g/mol. The summed E-state index contributed by atoms with van der Waals surface area (Å²) in [6, 6.07) is -1.37. The lowest BCUT2D eigenvalue weighted by molar-refractivity contribution is -0.141. The van der Waals surface area contributed by atoms with Crippen LogP contribution in [0.2, 0.25) is 0 Å². The molecule has 3 unspecified atom stereocenters. The zero-order valence-corrected chi connectivity index (χ0v) is 12.4. The molecule has 1 rings (SSSR count). The van der Waals surface area contributed by atoms with Gasteiger partial charge >= 0.3 is 12.0 Å². The third kappa shape index (κ3) is 4.08. The highest BCUT2D eigenvalue weighted by molar-refractivity contribution is 5.83. The average Bonchev–Trinajstić information content (AvgIpc) is 2.86. The Bertz CT molecular complexity index is 345. The fraction of sp³-hybridized carbons (Fsp3) is 0.846. The second-order valence-corrected chi connectivity index (χ2v) is 5.12. The van der Waals surface area contributed by atoms with E-state index in [1.165, 1.54) is 6.92 Å². The maximum atomic E-state index is 12.0. The molecule has 116 valence electrons. The van der Waals surface area contributed by atoms with Crippen LogP contribution in [0.15, 0.2) is 0 Å². The van der Waals surface area contributed by atoms with Crippen molar-refractivity contribution in [2.75, 3.05) is 26.2 Å². The molecule has 20 heavy (non-hydrogen) atoms. The molecule has 1 heterocycles. The Morgan fingerprint density at radius 1 is 1.40 bits per heavy atom. The van der Waals surface area contributed by atoms with Gasteiger partial charge in [0.2, 0.25) is 0 Å². The van der Waals surface area contributed by atoms with E-state index in [0.717, 1.165) is 19.5 Å². The van der Waals surface area contributed by atoms with Crippen molar-refractivity contribution >= 4 is 12.0 Å². The normalized spacial score (nSPS) is 21.9. The fourth-order valence-electron chi connectivity index (χ4n) is 2.58. The number of nitrogens with zero attached hydrogens (tertiary/aromatic N) is 2. The zero-order valence-electron chi connectivity index (χ0n) is 12.4. The standard InChI is InChI=1S/C13H25N3O4/c1-4-15(5-2)10-6-7-16(8-10)13(20)14-11(9(3)17)12(18)19/h9-11,17H,4-8H2,1-3H3,(H,14,20)(H,18,19).